The average Bonchev–Trinajstić information content (AvgIpc) is 2.52. The van der Waals surface area contributed by atoms with Gasteiger partial charge in [0, 0.05) is 33.8 Å². The van der Waals surface area contributed by atoms with Gasteiger partial charge >= 0.3 is 0 Å². The monoisotopic (exact) mass is 340 g/mol. The number of methoxy groups -OCH3 is 1. The molecule has 6 heteroatoms. The first-order valence-corrected chi connectivity index (χ1v) is 9.02. The molecule has 0 saturated heterocycles. The Labute approximate surface area is 147 Å². The molecule has 6 nitrogen and oxygen atoms in total. The number of nitrogens with one attached hydrogen (secondary N) is 2. The fourth-order valence-corrected chi connectivity index (χ4v) is 2.81. The van der Waals surface area contributed by atoms with Gasteiger partial charge in [0.1, 0.15) is 6.54 Å². The molecule has 1 saturated carbocycles. The highest BCUT2D eigenvalue weighted by Crippen LogP contribution is 2.21. The zero-order valence-corrected chi connectivity index (χ0v) is 16.3. The van der Waals surface area contributed by atoms with Crippen LogP contribution in [0.2, 0.25) is 0 Å². The van der Waals surface area contributed by atoms with Crippen molar-refractivity contribution in [2.24, 2.45) is 10.4 Å². The molecule has 1 aliphatic carbocycles. The Morgan fingerprint density at radius 2 is 1.88 bits per heavy atom. The van der Waals surface area contributed by atoms with E-state index in [1.54, 1.807) is 26.1 Å². The van der Waals surface area contributed by atoms with Crippen molar-refractivity contribution in [3.8, 4) is 0 Å². The van der Waals surface area contributed by atoms with E-state index in [9.17, 15) is 4.79 Å². The van der Waals surface area contributed by atoms with Gasteiger partial charge in [-0.1, -0.05) is 40.0 Å². The van der Waals surface area contributed by atoms with Gasteiger partial charge in [0.2, 0.25) is 5.91 Å². The van der Waals surface area contributed by atoms with Gasteiger partial charge < -0.3 is 20.3 Å². The third kappa shape index (κ3) is 7.51. The van der Waals surface area contributed by atoms with E-state index in [1.807, 2.05) is 0 Å². The predicted octanol–water partition coefficient (Wildman–Crippen LogP) is 2.00. The highest BCUT2D eigenvalue weighted by atomic mass is 16.5. The van der Waals surface area contributed by atoms with Crippen molar-refractivity contribution in [3.63, 3.8) is 0 Å². The molecule has 0 radical (unpaired) electrons. The van der Waals surface area contributed by atoms with Crippen LogP contribution in [0.25, 0.3) is 0 Å². The Hall–Kier alpha value is -1.30. The standard InChI is InChI=1S/C18H36N4O2/c1-18(2,3)15(24-6)12-19-17(20-13-16(23)22(4)5)21-14-10-8-7-9-11-14/h14-15H,7-13H2,1-6H3,(H2,19,20,21). The number of amides is 1. The van der Waals surface area contributed by atoms with Crippen LogP contribution in [-0.2, 0) is 9.53 Å². The minimum atomic E-state index is -0.00106. The zero-order valence-electron chi connectivity index (χ0n) is 16.3. The molecule has 1 fully saturated rings. The molecule has 140 valence electrons. The summed E-state index contributed by atoms with van der Waals surface area (Å²) in [5.41, 5.74) is 0.0388. The van der Waals surface area contributed by atoms with Crippen LogP contribution in [0.1, 0.15) is 52.9 Å². The molecule has 0 heterocycles. The van der Waals surface area contributed by atoms with Crippen molar-refractivity contribution in [3.05, 3.63) is 0 Å². The lowest BCUT2D eigenvalue weighted by Crippen LogP contribution is -2.49. The minimum Gasteiger partial charge on any atom is -0.379 e. The molecule has 24 heavy (non-hydrogen) atoms. The molecule has 2 N–H and O–H groups in total. The fourth-order valence-electron chi connectivity index (χ4n) is 2.81. The number of guanidine groups is 1. The number of aliphatic imine (C=N–C) groups is 1. The predicted molar refractivity (Wildman–Crippen MR) is 99.3 cm³/mol. The molecule has 0 aliphatic heterocycles. The second-order valence-electron chi connectivity index (χ2n) is 7.90. The van der Waals surface area contributed by atoms with Gasteiger partial charge in [0.25, 0.3) is 0 Å². The quantitative estimate of drug-likeness (QED) is 0.573. The third-order valence-corrected chi connectivity index (χ3v) is 4.52. The second-order valence-corrected chi connectivity index (χ2v) is 7.90. The molecule has 0 bridgehead atoms. The van der Waals surface area contributed by atoms with Gasteiger partial charge in [0.15, 0.2) is 5.96 Å². The summed E-state index contributed by atoms with van der Waals surface area (Å²) in [6, 6.07) is 0.440. The van der Waals surface area contributed by atoms with E-state index in [4.69, 9.17) is 4.74 Å². The van der Waals surface area contributed by atoms with Crippen LogP contribution in [0.5, 0.6) is 0 Å². The van der Waals surface area contributed by atoms with Crippen LogP contribution < -0.4 is 10.6 Å². The van der Waals surface area contributed by atoms with Crippen LogP contribution in [0.3, 0.4) is 0 Å². The van der Waals surface area contributed by atoms with Crippen molar-refractivity contribution in [2.75, 3.05) is 34.3 Å². The Bertz CT molecular complexity index is 410. The van der Waals surface area contributed by atoms with E-state index >= 15 is 0 Å². The van der Waals surface area contributed by atoms with Crippen LogP contribution in [0.4, 0.5) is 0 Å². The third-order valence-electron chi connectivity index (χ3n) is 4.52. The van der Waals surface area contributed by atoms with E-state index in [0.717, 1.165) is 12.8 Å². The molecule has 0 aromatic rings. The van der Waals surface area contributed by atoms with Crippen molar-refractivity contribution < 1.29 is 9.53 Å². The first-order chi connectivity index (χ1) is 11.2. The largest absolute Gasteiger partial charge is 0.379 e. The maximum absolute atomic E-state index is 11.8. The normalized spacial score (nSPS) is 18.2. The SMILES string of the molecule is COC(CNC(=NCC(=O)N(C)C)NC1CCCCC1)C(C)(C)C. The van der Waals surface area contributed by atoms with Gasteiger partial charge in [-0.3, -0.25) is 4.79 Å². The van der Waals surface area contributed by atoms with E-state index in [1.165, 1.54) is 19.3 Å². The van der Waals surface area contributed by atoms with E-state index < -0.39 is 0 Å². The first-order valence-electron chi connectivity index (χ1n) is 9.02. The van der Waals surface area contributed by atoms with Crippen LogP contribution >= 0.6 is 0 Å². The number of rotatable bonds is 6. The van der Waals surface area contributed by atoms with Gasteiger partial charge in [-0.15, -0.1) is 0 Å². The zero-order chi connectivity index (χ0) is 18.2. The van der Waals surface area contributed by atoms with Crippen molar-refractivity contribution in [1.29, 1.82) is 0 Å². The van der Waals surface area contributed by atoms with E-state index in [-0.39, 0.29) is 24.0 Å². The molecular weight excluding hydrogens is 304 g/mol. The minimum absolute atomic E-state index is 0.00106. The number of hydrogen-bond acceptors (Lipinski definition) is 3. The Balaban J connectivity index is 2.68. The van der Waals surface area contributed by atoms with Gasteiger partial charge in [0.05, 0.1) is 6.10 Å². The topological polar surface area (TPSA) is 66.0 Å². The van der Waals surface area contributed by atoms with Crippen LogP contribution in [-0.4, -0.2) is 63.2 Å². The fraction of sp³-hybridized carbons (Fsp3) is 0.889. The second kappa shape index (κ2) is 9.87. The van der Waals surface area contributed by atoms with Crippen molar-refractivity contribution in [2.45, 2.75) is 65.0 Å². The lowest BCUT2D eigenvalue weighted by molar-refractivity contribution is -0.127. The van der Waals surface area contributed by atoms with Gasteiger partial charge in [-0.25, -0.2) is 4.99 Å². The Kier molecular flexibility index (Phi) is 8.53. The number of ether oxygens (including phenoxy) is 1. The van der Waals surface area contributed by atoms with Crippen molar-refractivity contribution in [1.82, 2.24) is 15.5 Å². The summed E-state index contributed by atoms with van der Waals surface area (Å²) >= 11 is 0. The summed E-state index contributed by atoms with van der Waals surface area (Å²) in [4.78, 5) is 17.9. The lowest BCUT2D eigenvalue weighted by atomic mass is 9.89. The molecule has 1 atom stereocenters. The molecule has 1 rings (SSSR count). The Morgan fingerprint density at radius 1 is 1.25 bits per heavy atom. The molecule has 0 aromatic heterocycles. The summed E-state index contributed by atoms with van der Waals surface area (Å²) in [5, 5.41) is 6.86. The number of likely N-dealkylation sites (N-methyl/N-ethyl adjacent to an activating group) is 1. The molecular formula is C18H36N4O2. The molecule has 0 spiro atoms. The van der Waals surface area contributed by atoms with Crippen LogP contribution in [0.15, 0.2) is 4.99 Å². The van der Waals surface area contributed by atoms with Gasteiger partial charge in [-0.2, -0.15) is 0 Å². The highest BCUT2D eigenvalue weighted by Gasteiger charge is 2.25. The summed E-state index contributed by atoms with van der Waals surface area (Å²) in [5.74, 6) is 0.710. The summed E-state index contributed by atoms with van der Waals surface area (Å²) in [6.45, 7) is 7.29. The Morgan fingerprint density at radius 3 is 2.38 bits per heavy atom. The first kappa shape index (κ1) is 20.7. The average molecular weight is 341 g/mol. The number of carbonyl (C=O) groups excluding carboxylic acids is 1. The maximum atomic E-state index is 11.8. The highest BCUT2D eigenvalue weighted by molar-refractivity contribution is 5.84. The van der Waals surface area contributed by atoms with Gasteiger partial charge in [-0.05, 0) is 18.3 Å². The number of nitrogens with zero attached hydrogens (tertiary/aromatic N) is 2. The number of hydrogen-bond donors (Lipinski definition) is 2. The molecule has 1 unspecified atom stereocenters. The van der Waals surface area contributed by atoms with E-state index in [2.05, 4.69) is 36.4 Å². The van der Waals surface area contributed by atoms with Crippen molar-refractivity contribution >= 4 is 11.9 Å². The molecule has 0 aromatic carbocycles. The number of carbonyl (C=O) groups is 1. The summed E-state index contributed by atoms with van der Waals surface area (Å²) < 4.78 is 5.60. The van der Waals surface area contributed by atoms with Crippen LogP contribution in [0, 0.1) is 5.41 Å². The smallest absolute Gasteiger partial charge is 0.243 e. The summed E-state index contributed by atoms with van der Waals surface area (Å²) in [6.07, 6.45) is 6.21. The van der Waals surface area contributed by atoms with E-state index in [0.29, 0.717) is 18.5 Å². The maximum Gasteiger partial charge on any atom is 0.243 e. The lowest BCUT2D eigenvalue weighted by Gasteiger charge is -2.31. The summed E-state index contributed by atoms with van der Waals surface area (Å²) in [7, 11) is 5.23. The molecule has 1 aliphatic rings. The molecule has 1 amide bonds.